The Hall–Kier alpha value is -2.69. The fourth-order valence-corrected chi connectivity index (χ4v) is 3.60. The summed E-state index contributed by atoms with van der Waals surface area (Å²) in [5.74, 6) is 0.990. The first-order valence-corrected chi connectivity index (χ1v) is 9.09. The number of ether oxygens (including phenoxy) is 1. The van der Waals surface area contributed by atoms with E-state index in [-0.39, 0.29) is 5.91 Å². The van der Waals surface area contributed by atoms with E-state index in [1.807, 2.05) is 24.3 Å². The van der Waals surface area contributed by atoms with Gasteiger partial charge in [-0.05, 0) is 55.5 Å². The van der Waals surface area contributed by atoms with Crippen LogP contribution in [0.25, 0.3) is 0 Å². The number of carbonyl (C=O) groups is 1. The smallest absolute Gasteiger partial charge is 0.259 e. The van der Waals surface area contributed by atoms with Crippen LogP contribution in [0.2, 0.25) is 0 Å². The Balaban J connectivity index is 1.88. The van der Waals surface area contributed by atoms with Crippen LogP contribution >= 0.6 is 0 Å². The predicted octanol–water partition coefficient (Wildman–Crippen LogP) is 4.07. The second kappa shape index (κ2) is 7.68. The van der Waals surface area contributed by atoms with Gasteiger partial charge in [-0.3, -0.25) is 4.79 Å². The number of hydrogen-bond acceptors (Lipinski definition) is 4. The highest BCUT2D eigenvalue weighted by Gasteiger charge is 2.20. The van der Waals surface area contributed by atoms with Gasteiger partial charge in [-0.15, -0.1) is 0 Å². The molecule has 1 aliphatic rings. The van der Waals surface area contributed by atoms with E-state index in [9.17, 15) is 4.79 Å². The maximum atomic E-state index is 12.7. The molecule has 2 aromatic rings. The van der Waals surface area contributed by atoms with Crippen molar-refractivity contribution in [3.63, 3.8) is 0 Å². The lowest BCUT2D eigenvalue weighted by Crippen LogP contribution is -2.34. The van der Waals surface area contributed by atoms with Crippen molar-refractivity contribution in [3.05, 3.63) is 47.5 Å². The molecule has 138 valence electrons. The van der Waals surface area contributed by atoms with Crippen molar-refractivity contribution in [3.8, 4) is 5.75 Å². The average molecular weight is 353 g/mol. The van der Waals surface area contributed by atoms with E-state index in [2.05, 4.69) is 24.1 Å². The molecule has 3 rings (SSSR count). The molecule has 0 bridgehead atoms. The number of rotatable bonds is 4. The summed E-state index contributed by atoms with van der Waals surface area (Å²) < 4.78 is 5.28. The monoisotopic (exact) mass is 353 g/mol. The van der Waals surface area contributed by atoms with Crippen LogP contribution in [-0.2, 0) is 0 Å². The number of methoxy groups -OCH3 is 1. The largest absolute Gasteiger partial charge is 0.496 e. The Kier molecular flexibility index (Phi) is 5.35. The first kappa shape index (κ1) is 18.1. The topological polar surface area (TPSA) is 67.6 Å². The maximum absolute atomic E-state index is 12.7. The van der Waals surface area contributed by atoms with Crippen molar-refractivity contribution >= 4 is 23.0 Å². The molecular weight excluding hydrogens is 326 g/mol. The molecule has 1 aliphatic heterocycles. The van der Waals surface area contributed by atoms with E-state index in [1.165, 1.54) is 12.8 Å². The van der Waals surface area contributed by atoms with E-state index in [0.29, 0.717) is 28.6 Å². The molecule has 1 saturated heterocycles. The molecule has 0 spiro atoms. The van der Waals surface area contributed by atoms with Crippen molar-refractivity contribution in [1.29, 1.82) is 0 Å². The minimum atomic E-state index is -0.226. The fourth-order valence-electron chi connectivity index (χ4n) is 3.60. The first-order valence-electron chi connectivity index (χ1n) is 9.09. The Morgan fingerprint density at radius 2 is 2.08 bits per heavy atom. The highest BCUT2D eigenvalue weighted by atomic mass is 16.5. The number of nitrogens with one attached hydrogen (secondary N) is 1. The molecule has 5 heteroatoms. The number of carbonyl (C=O) groups excluding carboxylic acids is 1. The molecule has 26 heavy (non-hydrogen) atoms. The van der Waals surface area contributed by atoms with Gasteiger partial charge in [-0.25, -0.2) is 0 Å². The maximum Gasteiger partial charge on any atom is 0.259 e. The summed E-state index contributed by atoms with van der Waals surface area (Å²) in [5.41, 5.74) is 10.1. The molecule has 5 nitrogen and oxygen atoms in total. The third-order valence-corrected chi connectivity index (χ3v) is 4.97. The number of aryl methyl sites for hydroxylation is 1. The minimum Gasteiger partial charge on any atom is -0.496 e. The van der Waals surface area contributed by atoms with E-state index in [4.69, 9.17) is 10.5 Å². The number of piperidine rings is 1. The van der Waals surface area contributed by atoms with E-state index in [1.54, 1.807) is 19.2 Å². The number of nitrogens with two attached hydrogens (primary N) is 1. The van der Waals surface area contributed by atoms with Crippen LogP contribution in [0.1, 0.15) is 35.7 Å². The molecule has 1 heterocycles. The number of amides is 1. The Morgan fingerprint density at radius 3 is 2.81 bits per heavy atom. The molecule has 0 aliphatic carbocycles. The summed E-state index contributed by atoms with van der Waals surface area (Å²) in [6.07, 6.45) is 2.45. The summed E-state index contributed by atoms with van der Waals surface area (Å²) in [6.45, 7) is 6.42. The van der Waals surface area contributed by atoms with Crippen molar-refractivity contribution in [2.24, 2.45) is 5.92 Å². The molecule has 0 aromatic heterocycles. The number of anilines is 3. The lowest BCUT2D eigenvalue weighted by atomic mass is 9.98. The van der Waals surface area contributed by atoms with Crippen molar-refractivity contribution in [2.75, 3.05) is 36.1 Å². The van der Waals surface area contributed by atoms with Crippen molar-refractivity contribution in [1.82, 2.24) is 0 Å². The molecule has 0 radical (unpaired) electrons. The standard InChI is InChI=1S/C21H27N3O2/c1-14-7-6-10-24(13-14)19-12-18(17(22)11-15(19)2)23-21(25)16-8-4-5-9-20(16)26-3/h4-5,8-9,11-12,14H,6-7,10,13,22H2,1-3H3,(H,23,25)/t14-/m0/s1. The third kappa shape index (κ3) is 3.77. The highest BCUT2D eigenvalue weighted by molar-refractivity contribution is 6.07. The van der Waals surface area contributed by atoms with Crippen LogP contribution in [0.15, 0.2) is 36.4 Å². The highest BCUT2D eigenvalue weighted by Crippen LogP contribution is 2.33. The van der Waals surface area contributed by atoms with Gasteiger partial charge in [-0.1, -0.05) is 19.1 Å². The van der Waals surface area contributed by atoms with Gasteiger partial charge < -0.3 is 20.7 Å². The van der Waals surface area contributed by atoms with Crippen LogP contribution in [0, 0.1) is 12.8 Å². The summed E-state index contributed by atoms with van der Waals surface area (Å²) in [5, 5.41) is 2.95. The molecule has 1 atom stereocenters. The van der Waals surface area contributed by atoms with Gasteiger partial charge in [0.05, 0.1) is 24.0 Å². The Labute approximate surface area is 155 Å². The molecule has 0 unspecified atom stereocenters. The van der Waals surface area contributed by atoms with E-state index >= 15 is 0 Å². The number of nitrogen functional groups attached to an aromatic ring is 1. The zero-order chi connectivity index (χ0) is 18.7. The van der Waals surface area contributed by atoms with Gasteiger partial charge in [-0.2, -0.15) is 0 Å². The molecule has 1 amide bonds. The number of benzene rings is 2. The number of nitrogens with zero attached hydrogens (tertiary/aromatic N) is 1. The molecule has 0 saturated carbocycles. The van der Waals surface area contributed by atoms with Gasteiger partial charge in [0.1, 0.15) is 5.75 Å². The second-order valence-electron chi connectivity index (χ2n) is 7.07. The SMILES string of the molecule is COc1ccccc1C(=O)Nc1cc(N2CCC[C@H](C)C2)c(C)cc1N. The van der Waals surface area contributed by atoms with E-state index in [0.717, 1.165) is 24.3 Å². The van der Waals surface area contributed by atoms with Crippen molar-refractivity contribution in [2.45, 2.75) is 26.7 Å². The molecule has 1 fully saturated rings. The van der Waals surface area contributed by atoms with Crippen molar-refractivity contribution < 1.29 is 9.53 Å². The zero-order valence-corrected chi connectivity index (χ0v) is 15.7. The lowest BCUT2D eigenvalue weighted by Gasteiger charge is -2.34. The molecule has 2 aromatic carbocycles. The van der Waals surface area contributed by atoms with Gasteiger partial charge in [0, 0.05) is 18.8 Å². The number of para-hydroxylation sites is 1. The third-order valence-electron chi connectivity index (χ3n) is 4.97. The summed E-state index contributed by atoms with van der Waals surface area (Å²) >= 11 is 0. The minimum absolute atomic E-state index is 0.226. The Morgan fingerprint density at radius 1 is 1.31 bits per heavy atom. The quantitative estimate of drug-likeness (QED) is 0.813. The van der Waals surface area contributed by atoms with Crippen LogP contribution < -0.4 is 20.7 Å². The predicted molar refractivity (Wildman–Crippen MR) is 107 cm³/mol. The van der Waals surface area contributed by atoms with Crippen LogP contribution in [0.4, 0.5) is 17.1 Å². The summed E-state index contributed by atoms with van der Waals surface area (Å²) in [4.78, 5) is 15.1. The van der Waals surface area contributed by atoms with Gasteiger partial charge in [0.2, 0.25) is 0 Å². The molecular formula is C21H27N3O2. The van der Waals surface area contributed by atoms with Crippen LogP contribution in [0.3, 0.4) is 0 Å². The van der Waals surface area contributed by atoms with E-state index < -0.39 is 0 Å². The normalized spacial score (nSPS) is 17.0. The lowest BCUT2D eigenvalue weighted by molar-refractivity contribution is 0.102. The van der Waals surface area contributed by atoms with Crippen LogP contribution in [0.5, 0.6) is 5.75 Å². The van der Waals surface area contributed by atoms with Crippen LogP contribution in [-0.4, -0.2) is 26.1 Å². The average Bonchev–Trinajstić information content (AvgIpc) is 2.63. The molecule has 3 N–H and O–H groups in total. The summed E-state index contributed by atoms with van der Waals surface area (Å²) in [6, 6.07) is 11.1. The van der Waals surface area contributed by atoms with Gasteiger partial charge in [0.15, 0.2) is 0 Å². The van der Waals surface area contributed by atoms with Gasteiger partial charge in [0.25, 0.3) is 5.91 Å². The Bertz CT molecular complexity index is 804. The summed E-state index contributed by atoms with van der Waals surface area (Å²) in [7, 11) is 1.56. The second-order valence-corrected chi connectivity index (χ2v) is 7.07. The number of hydrogen-bond donors (Lipinski definition) is 2. The first-order chi connectivity index (χ1) is 12.5. The fraction of sp³-hybridized carbons (Fsp3) is 0.381. The van der Waals surface area contributed by atoms with Gasteiger partial charge >= 0.3 is 0 Å². The zero-order valence-electron chi connectivity index (χ0n) is 15.7.